The van der Waals surface area contributed by atoms with Gasteiger partial charge in [-0.1, -0.05) is 25.1 Å². The molecule has 1 aliphatic carbocycles. The lowest BCUT2D eigenvalue weighted by Crippen LogP contribution is -2.52. The first kappa shape index (κ1) is 15.3. The second-order valence-electron chi connectivity index (χ2n) is 6.27. The number of hydrazine groups is 1. The normalized spacial score (nSPS) is 27.0. The smallest absolute Gasteiger partial charge is 0.322 e. The highest BCUT2D eigenvalue weighted by atomic mass is 16.2. The van der Waals surface area contributed by atoms with Crippen LogP contribution in [-0.2, 0) is 4.79 Å². The predicted molar refractivity (Wildman–Crippen MR) is 84.3 cm³/mol. The van der Waals surface area contributed by atoms with Crippen molar-refractivity contribution in [2.24, 2.45) is 5.92 Å². The number of hydrogen-bond donors (Lipinski definition) is 3. The maximum Gasteiger partial charge on any atom is 0.344 e. The molecule has 0 aromatic heterocycles. The van der Waals surface area contributed by atoms with Crippen LogP contribution in [0.5, 0.6) is 0 Å². The Balaban J connectivity index is 1.65. The van der Waals surface area contributed by atoms with E-state index in [1.54, 1.807) is 24.3 Å². The largest absolute Gasteiger partial charge is 0.344 e. The zero-order valence-corrected chi connectivity index (χ0v) is 13.0. The van der Waals surface area contributed by atoms with E-state index in [4.69, 9.17) is 0 Å². The summed E-state index contributed by atoms with van der Waals surface area (Å²) >= 11 is 0. The highest BCUT2D eigenvalue weighted by Gasteiger charge is 2.52. The van der Waals surface area contributed by atoms with Crippen LogP contribution in [0.15, 0.2) is 30.3 Å². The Hall–Kier alpha value is -2.57. The SMILES string of the molecule is CC1CCC2(CC1)NC(=O)N(NC(=O)Nc1ccccc1)C2=O. The first-order chi connectivity index (χ1) is 11.0. The number of carbonyl (C=O) groups excluding carboxylic acids is 3. The van der Waals surface area contributed by atoms with Crippen LogP contribution in [0.2, 0.25) is 0 Å². The van der Waals surface area contributed by atoms with Gasteiger partial charge in [0.25, 0.3) is 5.91 Å². The van der Waals surface area contributed by atoms with Gasteiger partial charge in [-0.2, -0.15) is 5.01 Å². The van der Waals surface area contributed by atoms with E-state index in [0.717, 1.165) is 17.9 Å². The van der Waals surface area contributed by atoms with E-state index in [-0.39, 0.29) is 5.91 Å². The number of hydrogen-bond acceptors (Lipinski definition) is 3. The van der Waals surface area contributed by atoms with E-state index in [2.05, 4.69) is 23.0 Å². The van der Waals surface area contributed by atoms with E-state index in [1.165, 1.54) is 0 Å². The molecular weight excluding hydrogens is 296 g/mol. The zero-order valence-electron chi connectivity index (χ0n) is 13.0. The number of urea groups is 2. The second-order valence-corrected chi connectivity index (χ2v) is 6.27. The van der Waals surface area contributed by atoms with Gasteiger partial charge in [0.05, 0.1) is 0 Å². The molecule has 1 heterocycles. The van der Waals surface area contributed by atoms with E-state index < -0.39 is 17.6 Å². The molecule has 3 N–H and O–H groups in total. The molecule has 122 valence electrons. The molecule has 1 aromatic rings. The topological polar surface area (TPSA) is 90.5 Å². The van der Waals surface area contributed by atoms with Crippen LogP contribution < -0.4 is 16.1 Å². The van der Waals surface area contributed by atoms with Crippen LogP contribution in [0.1, 0.15) is 32.6 Å². The van der Waals surface area contributed by atoms with Gasteiger partial charge in [0.1, 0.15) is 5.54 Å². The Morgan fingerprint density at radius 2 is 1.87 bits per heavy atom. The fraction of sp³-hybridized carbons (Fsp3) is 0.438. The van der Waals surface area contributed by atoms with Gasteiger partial charge < -0.3 is 10.6 Å². The summed E-state index contributed by atoms with van der Waals surface area (Å²) in [6, 6.07) is 7.62. The van der Waals surface area contributed by atoms with Crippen LogP contribution in [0.3, 0.4) is 0 Å². The summed E-state index contributed by atoms with van der Waals surface area (Å²) in [5, 5.41) is 6.12. The highest BCUT2D eigenvalue weighted by Crippen LogP contribution is 2.35. The molecule has 0 bridgehead atoms. The van der Waals surface area contributed by atoms with Gasteiger partial charge >= 0.3 is 12.1 Å². The van der Waals surface area contributed by atoms with Crippen LogP contribution in [0.4, 0.5) is 15.3 Å². The Bertz CT molecular complexity index is 623. The summed E-state index contributed by atoms with van der Waals surface area (Å²) in [4.78, 5) is 36.7. The van der Waals surface area contributed by atoms with Gasteiger partial charge in [0.15, 0.2) is 0 Å². The molecule has 1 aliphatic heterocycles. The lowest BCUT2D eigenvalue weighted by molar-refractivity contribution is -0.134. The number of rotatable bonds is 2. The van der Waals surface area contributed by atoms with Gasteiger partial charge in [0.2, 0.25) is 0 Å². The molecule has 2 aliphatic rings. The quantitative estimate of drug-likeness (QED) is 0.731. The molecule has 3 rings (SSSR count). The van der Waals surface area contributed by atoms with E-state index in [1.807, 2.05) is 6.07 Å². The Kier molecular flexibility index (Phi) is 3.94. The van der Waals surface area contributed by atoms with Crippen molar-refractivity contribution in [3.63, 3.8) is 0 Å². The number of anilines is 1. The molecule has 0 atom stereocenters. The Morgan fingerprint density at radius 1 is 1.22 bits per heavy atom. The van der Waals surface area contributed by atoms with Crippen molar-refractivity contribution in [3.8, 4) is 0 Å². The Morgan fingerprint density at radius 3 is 2.52 bits per heavy atom. The maximum atomic E-state index is 12.6. The summed E-state index contributed by atoms with van der Waals surface area (Å²) in [6.07, 6.45) is 2.99. The third kappa shape index (κ3) is 2.99. The third-order valence-electron chi connectivity index (χ3n) is 4.53. The molecule has 23 heavy (non-hydrogen) atoms. The molecule has 1 spiro atoms. The van der Waals surface area contributed by atoms with Crippen molar-refractivity contribution < 1.29 is 14.4 Å². The van der Waals surface area contributed by atoms with Crippen LogP contribution in [-0.4, -0.2) is 28.5 Å². The van der Waals surface area contributed by atoms with Crippen molar-refractivity contribution in [1.82, 2.24) is 15.8 Å². The average Bonchev–Trinajstić information content (AvgIpc) is 2.76. The van der Waals surface area contributed by atoms with Crippen molar-refractivity contribution in [1.29, 1.82) is 0 Å². The number of carbonyl (C=O) groups is 3. The van der Waals surface area contributed by atoms with Gasteiger partial charge in [-0.15, -0.1) is 0 Å². The Labute approximate surface area is 134 Å². The molecule has 5 amide bonds. The number of para-hydroxylation sites is 1. The molecule has 0 unspecified atom stereocenters. The number of nitrogens with zero attached hydrogens (tertiary/aromatic N) is 1. The molecular formula is C16H20N4O3. The lowest BCUT2D eigenvalue weighted by atomic mass is 9.77. The minimum absolute atomic E-state index is 0.377. The molecule has 1 saturated carbocycles. The number of imide groups is 1. The van der Waals surface area contributed by atoms with Crippen LogP contribution in [0, 0.1) is 5.92 Å². The fourth-order valence-corrected chi connectivity index (χ4v) is 3.10. The van der Waals surface area contributed by atoms with Crippen LogP contribution in [0.25, 0.3) is 0 Å². The second kappa shape index (κ2) is 5.91. The molecule has 7 heteroatoms. The highest BCUT2D eigenvalue weighted by molar-refractivity contribution is 6.08. The van der Waals surface area contributed by atoms with Crippen LogP contribution >= 0.6 is 0 Å². The minimum Gasteiger partial charge on any atom is -0.322 e. The van der Waals surface area contributed by atoms with Gasteiger partial charge in [0, 0.05) is 5.69 Å². The van der Waals surface area contributed by atoms with Crippen molar-refractivity contribution in [3.05, 3.63) is 30.3 Å². The number of nitrogens with one attached hydrogen (secondary N) is 3. The monoisotopic (exact) mass is 316 g/mol. The molecule has 1 saturated heterocycles. The van der Waals surface area contributed by atoms with Gasteiger partial charge in [-0.3, -0.25) is 4.79 Å². The summed E-state index contributed by atoms with van der Waals surface area (Å²) in [7, 11) is 0. The first-order valence-corrected chi connectivity index (χ1v) is 7.79. The van der Waals surface area contributed by atoms with Crippen molar-refractivity contribution in [2.45, 2.75) is 38.1 Å². The number of benzene rings is 1. The van der Waals surface area contributed by atoms with E-state index >= 15 is 0 Å². The van der Waals surface area contributed by atoms with Gasteiger partial charge in [-0.25, -0.2) is 15.0 Å². The first-order valence-electron chi connectivity index (χ1n) is 7.79. The molecule has 2 fully saturated rings. The van der Waals surface area contributed by atoms with Gasteiger partial charge in [-0.05, 0) is 43.7 Å². The average molecular weight is 316 g/mol. The maximum absolute atomic E-state index is 12.6. The minimum atomic E-state index is -0.858. The van der Waals surface area contributed by atoms with E-state index in [0.29, 0.717) is 24.4 Å². The third-order valence-corrected chi connectivity index (χ3v) is 4.53. The fourth-order valence-electron chi connectivity index (χ4n) is 3.10. The molecule has 0 radical (unpaired) electrons. The summed E-state index contributed by atoms with van der Waals surface area (Å²) in [6.45, 7) is 2.14. The standard InChI is InChI=1S/C16H20N4O3/c1-11-7-9-16(10-8-11)13(21)20(15(23)18-16)19-14(22)17-12-5-3-2-4-6-12/h2-6,11H,7-10H2,1H3,(H,18,23)(H2,17,19,22). The lowest BCUT2D eigenvalue weighted by Gasteiger charge is -2.33. The summed E-state index contributed by atoms with van der Waals surface area (Å²) in [5.41, 5.74) is 2.06. The molecule has 1 aromatic carbocycles. The van der Waals surface area contributed by atoms with E-state index in [9.17, 15) is 14.4 Å². The summed E-state index contributed by atoms with van der Waals surface area (Å²) in [5.74, 6) is 0.173. The number of amides is 5. The zero-order chi connectivity index (χ0) is 16.4. The van der Waals surface area contributed by atoms with Crippen molar-refractivity contribution >= 4 is 23.7 Å². The predicted octanol–water partition coefficient (Wildman–Crippen LogP) is 2.22. The molecule has 7 nitrogen and oxygen atoms in total. The van der Waals surface area contributed by atoms with Crippen molar-refractivity contribution in [2.75, 3.05) is 5.32 Å². The summed E-state index contributed by atoms with van der Waals surface area (Å²) < 4.78 is 0.